The second-order valence-corrected chi connectivity index (χ2v) is 4.36. The molecule has 20 heavy (non-hydrogen) atoms. The molecule has 0 radical (unpaired) electrons. The number of rotatable bonds is 4. The highest BCUT2D eigenvalue weighted by Gasteiger charge is 2.30. The predicted molar refractivity (Wildman–Crippen MR) is 68.5 cm³/mol. The van der Waals surface area contributed by atoms with Crippen LogP contribution < -0.4 is 10.6 Å². The molecular weight excluding hydrogens is 270 g/mol. The number of halogens is 2. The molecule has 2 rings (SSSR count). The molecule has 2 N–H and O–H groups in total. The number of hydrogen-bond acceptors (Lipinski definition) is 3. The van der Waals surface area contributed by atoms with Gasteiger partial charge in [0.1, 0.15) is 17.7 Å². The molecular formula is C13H16F2N2O3. The number of ether oxygens (including phenoxy) is 2. The molecule has 1 aliphatic heterocycles. The molecule has 2 atom stereocenters. The van der Waals surface area contributed by atoms with Crippen LogP contribution in [0.4, 0.5) is 19.3 Å². The van der Waals surface area contributed by atoms with Crippen molar-refractivity contribution in [2.75, 3.05) is 25.1 Å². The quantitative estimate of drug-likeness (QED) is 0.888. The molecule has 0 aromatic heterocycles. The summed E-state index contributed by atoms with van der Waals surface area (Å²) < 4.78 is 36.8. The largest absolute Gasteiger partial charge is 0.376 e. The van der Waals surface area contributed by atoms with Gasteiger partial charge in [-0.3, -0.25) is 0 Å². The van der Waals surface area contributed by atoms with Crippen LogP contribution in [0.5, 0.6) is 0 Å². The van der Waals surface area contributed by atoms with Crippen LogP contribution in [0, 0.1) is 11.6 Å². The van der Waals surface area contributed by atoms with Crippen LogP contribution in [0.1, 0.15) is 6.92 Å². The molecule has 110 valence electrons. The van der Waals surface area contributed by atoms with Gasteiger partial charge in [-0.25, -0.2) is 13.6 Å². The molecule has 1 aromatic carbocycles. The normalized spacial score (nSPS) is 21.8. The molecule has 2 unspecified atom stereocenters. The number of urea groups is 1. The van der Waals surface area contributed by atoms with Gasteiger partial charge < -0.3 is 20.1 Å². The summed E-state index contributed by atoms with van der Waals surface area (Å²) >= 11 is 0. The Labute approximate surface area is 115 Å². The van der Waals surface area contributed by atoms with Crippen molar-refractivity contribution >= 4 is 11.7 Å². The van der Waals surface area contributed by atoms with Gasteiger partial charge in [0.05, 0.1) is 24.9 Å². The first-order valence-corrected chi connectivity index (χ1v) is 6.32. The maximum Gasteiger partial charge on any atom is 0.319 e. The number of carbonyl (C=O) groups excluding carboxylic acids is 1. The fourth-order valence-electron chi connectivity index (χ4n) is 1.97. The average Bonchev–Trinajstić information content (AvgIpc) is 2.81. The minimum atomic E-state index is -0.829. The van der Waals surface area contributed by atoms with Crippen molar-refractivity contribution in [3.05, 3.63) is 29.8 Å². The summed E-state index contributed by atoms with van der Waals surface area (Å²) in [6.45, 7) is 3.11. The van der Waals surface area contributed by atoms with E-state index in [-0.39, 0.29) is 17.8 Å². The molecule has 5 nitrogen and oxygen atoms in total. The Bertz CT molecular complexity index is 485. The molecule has 1 aromatic rings. The minimum absolute atomic E-state index is 0.0872. The molecule has 1 aliphatic rings. The van der Waals surface area contributed by atoms with Gasteiger partial charge in [0.25, 0.3) is 0 Å². The summed E-state index contributed by atoms with van der Waals surface area (Å²) in [6.07, 6.45) is -0.219. The van der Waals surface area contributed by atoms with Crippen molar-refractivity contribution in [1.29, 1.82) is 0 Å². The lowest BCUT2D eigenvalue weighted by atomic mass is 10.2. The standard InChI is InChI=1S/C13H16F2N2O3/c1-2-20-12-7-19-6-11(12)17-13(18)16-10-4-3-8(14)5-9(10)15/h3-5,11-12H,2,6-7H2,1H3,(H2,16,17,18). The monoisotopic (exact) mass is 286 g/mol. The molecule has 0 aliphatic carbocycles. The number of hydrogen-bond donors (Lipinski definition) is 2. The molecule has 0 bridgehead atoms. The van der Waals surface area contributed by atoms with Gasteiger partial charge in [-0.1, -0.05) is 0 Å². The van der Waals surface area contributed by atoms with E-state index in [0.29, 0.717) is 25.9 Å². The van der Waals surface area contributed by atoms with E-state index in [1.54, 1.807) is 0 Å². The summed E-state index contributed by atoms with van der Waals surface area (Å²) in [7, 11) is 0. The third-order valence-corrected chi connectivity index (χ3v) is 2.90. The Morgan fingerprint density at radius 2 is 2.25 bits per heavy atom. The first kappa shape index (κ1) is 14.7. The number of nitrogens with one attached hydrogen (secondary N) is 2. The summed E-state index contributed by atoms with van der Waals surface area (Å²) in [5.41, 5.74) is -0.0872. The lowest BCUT2D eigenvalue weighted by Crippen LogP contribution is -2.45. The van der Waals surface area contributed by atoms with Crippen molar-refractivity contribution in [1.82, 2.24) is 5.32 Å². The first-order chi connectivity index (χ1) is 9.60. The van der Waals surface area contributed by atoms with Gasteiger partial charge in [0.15, 0.2) is 0 Å². The van der Waals surface area contributed by atoms with E-state index in [1.807, 2.05) is 6.92 Å². The molecule has 1 saturated heterocycles. The van der Waals surface area contributed by atoms with Gasteiger partial charge in [0, 0.05) is 12.7 Å². The Morgan fingerprint density at radius 3 is 2.95 bits per heavy atom. The van der Waals surface area contributed by atoms with E-state index < -0.39 is 17.7 Å². The van der Waals surface area contributed by atoms with Crippen molar-refractivity contribution in [3.63, 3.8) is 0 Å². The van der Waals surface area contributed by atoms with Crippen LogP contribution in [-0.4, -0.2) is 38.0 Å². The maximum atomic E-state index is 13.4. The third-order valence-electron chi connectivity index (χ3n) is 2.90. The minimum Gasteiger partial charge on any atom is -0.376 e. The second-order valence-electron chi connectivity index (χ2n) is 4.36. The lowest BCUT2D eigenvalue weighted by molar-refractivity contribution is 0.0428. The van der Waals surface area contributed by atoms with Gasteiger partial charge in [-0.15, -0.1) is 0 Å². The Morgan fingerprint density at radius 1 is 1.45 bits per heavy atom. The van der Waals surface area contributed by atoms with Crippen LogP contribution in [0.3, 0.4) is 0 Å². The average molecular weight is 286 g/mol. The van der Waals surface area contributed by atoms with Gasteiger partial charge in [-0.05, 0) is 19.1 Å². The number of amides is 2. The van der Waals surface area contributed by atoms with E-state index in [2.05, 4.69) is 10.6 Å². The molecule has 2 amide bonds. The third kappa shape index (κ3) is 3.64. The SMILES string of the molecule is CCOC1COCC1NC(=O)Nc1ccc(F)cc1F. The fraction of sp³-hybridized carbons (Fsp3) is 0.462. The summed E-state index contributed by atoms with van der Waals surface area (Å²) in [5, 5.41) is 4.97. The zero-order valence-electron chi connectivity index (χ0n) is 11.0. The molecule has 1 fully saturated rings. The maximum absolute atomic E-state index is 13.4. The number of anilines is 1. The van der Waals surface area contributed by atoms with Gasteiger partial charge in [-0.2, -0.15) is 0 Å². The van der Waals surface area contributed by atoms with Crippen LogP contribution in [0.2, 0.25) is 0 Å². The number of benzene rings is 1. The molecule has 7 heteroatoms. The molecule has 0 saturated carbocycles. The van der Waals surface area contributed by atoms with Crippen molar-refractivity contribution < 1.29 is 23.0 Å². The summed E-state index contributed by atoms with van der Waals surface area (Å²) in [6, 6.07) is 2.06. The Kier molecular flexibility index (Phi) is 4.86. The Hall–Kier alpha value is -1.73. The van der Waals surface area contributed by atoms with Crippen molar-refractivity contribution in [3.8, 4) is 0 Å². The highest BCUT2D eigenvalue weighted by atomic mass is 19.1. The number of carbonyl (C=O) groups is 1. The first-order valence-electron chi connectivity index (χ1n) is 6.32. The smallest absolute Gasteiger partial charge is 0.319 e. The van der Waals surface area contributed by atoms with E-state index >= 15 is 0 Å². The van der Waals surface area contributed by atoms with E-state index in [4.69, 9.17) is 9.47 Å². The van der Waals surface area contributed by atoms with Gasteiger partial charge >= 0.3 is 6.03 Å². The lowest BCUT2D eigenvalue weighted by Gasteiger charge is -2.19. The topological polar surface area (TPSA) is 59.6 Å². The van der Waals surface area contributed by atoms with Crippen molar-refractivity contribution in [2.24, 2.45) is 0 Å². The van der Waals surface area contributed by atoms with Crippen LogP contribution in [0.15, 0.2) is 18.2 Å². The van der Waals surface area contributed by atoms with E-state index in [1.165, 1.54) is 0 Å². The highest BCUT2D eigenvalue weighted by molar-refractivity contribution is 5.89. The predicted octanol–water partition coefficient (Wildman–Crippen LogP) is 1.89. The fourth-order valence-corrected chi connectivity index (χ4v) is 1.97. The zero-order chi connectivity index (χ0) is 14.5. The van der Waals surface area contributed by atoms with E-state index in [9.17, 15) is 13.6 Å². The highest BCUT2D eigenvalue weighted by Crippen LogP contribution is 2.15. The molecule has 0 spiro atoms. The summed E-state index contributed by atoms with van der Waals surface area (Å²) in [4.78, 5) is 11.8. The Balaban J connectivity index is 1.92. The van der Waals surface area contributed by atoms with Crippen LogP contribution in [0.25, 0.3) is 0 Å². The van der Waals surface area contributed by atoms with Crippen LogP contribution in [-0.2, 0) is 9.47 Å². The van der Waals surface area contributed by atoms with Crippen molar-refractivity contribution in [2.45, 2.75) is 19.1 Å². The van der Waals surface area contributed by atoms with Gasteiger partial charge in [0.2, 0.25) is 0 Å². The van der Waals surface area contributed by atoms with E-state index in [0.717, 1.165) is 12.1 Å². The van der Waals surface area contributed by atoms with Crippen LogP contribution >= 0.6 is 0 Å². The zero-order valence-corrected chi connectivity index (χ0v) is 11.0. The summed E-state index contributed by atoms with van der Waals surface area (Å²) in [5.74, 6) is -1.53. The second kappa shape index (κ2) is 6.62. The molecule has 1 heterocycles.